The maximum absolute atomic E-state index is 9.40. The van der Waals surface area contributed by atoms with Crippen LogP contribution in [0.25, 0.3) is 6.08 Å². The molecule has 0 radical (unpaired) electrons. The molecule has 22 heavy (non-hydrogen) atoms. The molecule has 0 fully saturated rings. The third kappa shape index (κ3) is 4.34. The normalized spacial score (nSPS) is 16.1. The predicted molar refractivity (Wildman–Crippen MR) is 92.1 cm³/mol. The first-order chi connectivity index (χ1) is 10.6. The Morgan fingerprint density at radius 1 is 1.23 bits per heavy atom. The van der Waals surface area contributed by atoms with E-state index in [1.807, 2.05) is 13.0 Å². The number of aliphatic hydroxyl groups excluding tert-OH is 1. The van der Waals surface area contributed by atoms with E-state index in [1.54, 1.807) is 0 Å². The quantitative estimate of drug-likeness (QED) is 0.684. The van der Waals surface area contributed by atoms with E-state index in [-0.39, 0.29) is 6.61 Å². The van der Waals surface area contributed by atoms with Gasteiger partial charge in [0.15, 0.2) is 0 Å². The summed E-state index contributed by atoms with van der Waals surface area (Å²) in [7, 11) is 0. The lowest BCUT2D eigenvalue weighted by atomic mass is 9.92. The summed E-state index contributed by atoms with van der Waals surface area (Å²) in [5.41, 5.74) is 9.00. The Balaban J connectivity index is 1.89. The third-order valence-corrected chi connectivity index (χ3v) is 4.41. The van der Waals surface area contributed by atoms with Crippen LogP contribution in [0.4, 0.5) is 0 Å². The van der Waals surface area contributed by atoms with Crippen molar-refractivity contribution in [1.82, 2.24) is 0 Å². The molecule has 0 saturated heterocycles. The summed E-state index contributed by atoms with van der Waals surface area (Å²) >= 11 is 0. The summed E-state index contributed by atoms with van der Waals surface area (Å²) in [5.74, 6) is 0.925. The molecule has 0 bridgehead atoms. The molecule has 122 valence electrons. The van der Waals surface area contributed by atoms with Crippen molar-refractivity contribution >= 4 is 6.08 Å². The average molecular weight is 303 g/mol. The SMILES string of the molecule is CCCCCCCOc1ccc2c(c1)C=C(C(C)(N)CO)C2. The highest BCUT2D eigenvalue weighted by Crippen LogP contribution is 2.32. The number of unbranched alkanes of at least 4 members (excludes halogenated alkanes) is 4. The van der Waals surface area contributed by atoms with Gasteiger partial charge in [0.1, 0.15) is 5.75 Å². The topological polar surface area (TPSA) is 55.5 Å². The molecular weight excluding hydrogens is 274 g/mol. The molecule has 3 heteroatoms. The molecule has 3 nitrogen and oxygen atoms in total. The fraction of sp³-hybridized carbons (Fsp3) is 0.579. The van der Waals surface area contributed by atoms with Crippen LogP contribution in [-0.2, 0) is 6.42 Å². The van der Waals surface area contributed by atoms with Crippen LogP contribution in [0, 0.1) is 0 Å². The standard InChI is InChI=1S/C19H29NO2/c1-3-4-5-6-7-10-22-18-9-8-15-11-17(12-16(15)13-18)19(2,20)14-21/h8-9,12-13,21H,3-7,10-11,14,20H2,1-2H3. The Labute approximate surface area is 134 Å². The predicted octanol–water partition coefficient (Wildman–Crippen LogP) is 3.69. The molecule has 0 amide bonds. The van der Waals surface area contributed by atoms with Gasteiger partial charge in [-0.3, -0.25) is 0 Å². The van der Waals surface area contributed by atoms with Gasteiger partial charge < -0.3 is 15.6 Å². The highest BCUT2D eigenvalue weighted by molar-refractivity contribution is 5.67. The van der Waals surface area contributed by atoms with E-state index < -0.39 is 5.54 Å². The number of hydrogen-bond acceptors (Lipinski definition) is 3. The van der Waals surface area contributed by atoms with E-state index >= 15 is 0 Å². The molecule has 1 aliphatic carbocycles. The van der Waals surface area contributed by atoms with Gasteiger partial charge in [-0.2, -0.15) is 0 Å². The van der Waals surface area contributed by atoms with Crippen molar-refractivity contribution in [2.75, 3.05) is 13.2 Å². The van der Waals surface area contributed by atoms with E-state index in [0.717, 1.165) is 30.8 Å². The van der Waals surface area contributed by atoms with Gasteiger partial charge in [0.05, 0.1) is 18.8 Å². The van der Waals surface area contributed by atoms with E-state index in [1.165, 1.54) is 36.8 Å². The number of benzene rings is 1. The maximum Gasteiger partial charge on any atom is 0.119 e. The van der Waals surface area contributed by atoms with Gasteiger partial charge in [0.2, 0.25) is 0 Å². The van der Waals surface area contributed by atoms with Crippen molar-refractivity contribution in [1.29, 1.82) is 0 Å². The van der Waals surface area contributed by atoms with Crippen LogP contribution in [0.3, 0.4) is 0 Å². The summed E-state index contributed by atoms with van der Waals surface area (Å²) in [5, 5.41) is 9.40. The Bertz CT molecular complexity index is 520. The van der Waals surface area contributed by atoms with Gasteiger partial charge in [-0.15, -0.1) is 0 Å². The third-order valence-electron chi connectivity index (χ3n) is 4.41. The Morgan fingerprint density at radius 2 is 2.00 bits per heavy atom. The lowest BCUT2D eigenvalue weighted by Crippen LogP contribution is -2.42. The number of ether oxygens (including phenoxy) is 1. The second-order valence-electron chi connectivity index (χ2n) is 6.55. The van der Waals surface area contributed by atoms with E-state index in [0.29, 0.717) is 0 Å². The number of fused-ring (bicyclic) bond motifs is 1. The summed E-state index contributed by atoms with van der Waals surface area (Å²) < 4.78 is 5.85. The van der Waals surface area contributed by atoms with Gasteiger partial charge in [0.25, 0.3) is 0 Å². The van der Waals surface area contributed by atoms with Crippen molar-refractivity contribution in [3.8, 4) is 5.75 Å². The minimum absolute atomic E-state index is 0.0338. The monoisotopic (exact) mass is 303 g/mol. The van der Waals surface area contributed by atoms with Gasteiger partial charge in [-0.1, -0.05) is 44.7 Å². The van der Waals surface area contributed by atoms with Crippen molar-refractivity contribution in [2.24, 2.45) is 5.73 Å². The number of nitrogens with two attached hydrogens (primary N) is 1. The lowest BCUT2D eigenvalue weighted by molar-refractivity contribution is 0.230. The molecule has 1 aromatic carbocycles. The fourth-order valence-corrected chi connectivity index (χ4v) is 2.77. The summed E-state index contributed by atoms with van der Waals surface area (Å²) in [6, 6.07) is 6.23. The minimum atomic E-state index is -0.640. The second-order valence-corrected chi connectivity index (χ2v) is 6.55. The van der Waals surface area contributed by atoms with Gasteiger partial charge >= 0.3 is 0 Å². The molecule has 0 saturated carbocycles. The zero-order chi connectivity index (χ0) is 16.0. The Hall–Kier alpha value is -1.32. The molecule has 0 aliphatic heterocycles. The van der Waals surface area contributed by atoms with Crippen LogP contribution < -0.4 is 10.5 Å². The summed E-state index contributed by atoms with van der Waals surface area (Å²) in [6.07, 6.45) is 9.16. The first-order valence-corrected chi connectivity index (χ1v) is 8.43. The number of rotatable bonds is 9. The Morgan fingerprint density at radius 3 is 2.73 bits per heavy atom. The zero-order valence-corrected chi connectivity index (χ0v) is 13.9. The summed E-state index contributed by atoms with van der Waals surface area (Å²) in [6.45, 7) is 4.85. The molecule has 0 heterocycles. The summed E-state index contributed by atoms with van der Waals surface area (Å²) in [4.78, 5) is 0. The van der Waals surface area contributed by atoms with Gasteiger partial charge in [-0.05, 0) is 48.6 Å². The highest BCUT2D eigenvalue weighted by atomic mass is 16.5. The van der Waals surface area contributed by atoms with Crippen LogP contribution in [0.2, 0.25) is 0 Å². The first kappa shape index (κ1) is 17.0. The smallest absolute Gasteiger partial charge is 0.119 e. The Kier molecular flexibility index (Phi) is 6.04. The van der Waals surface area contributed by atoms with Crippen molar-refractivity contribution in [3.05, 3.63) is 34.9 Å². The molecule has 3 N–H and O–H groups in total. The number of hydrogen-bond donors (Lipinski definition) is 2. The highest BCUT2D eigenvalue weighted by Gasteiger charge is 2.27. The van der Waals surface area contributed by atoms with E-state index in [4.69, 9.17) is 10.5 Å². The number of aliphatic hydroxyl groups is 1. The molecular formula is C19H29NO2. The fourth-order valence-electron chi connectivity index (χ4n) is 2.77. The molecule has 1 aliphatic rings. The van der Waals surface area contributed by atoms with Crippen molar-refractivity contribution in [3.63, 3.8) is 0 Å². The maximum atomic E-state index is 9.40. The second kappa shape index (κ2) is 7.80. The minimum Gasteiger partial charge on any atom is -0.494 e. The molecule has 1 aromatic rings. The van der Waals surface area contributed by atoms with Crippen LogP contribution in [0.5, 0.6) is 5.75 Å². The van der Waals surface area contributed by atoms with Gasteiger partial charge in [-0.25, -0.2) is 0 Å². The first-order valence-electron chi connectivity index (χ1n) is 8.43. The van der Waals surface area contributed by atoms with E-state index in [2.05, 4.69) is 25.1 Å². The van der Waals surface area contributed by atoms with Crippen LogP contribution >= 0.6 is 0 Å². The van der Waals surface area contributed by atoms with Crippen molar-refractivity contribution < 1.29 is 9.84 Å². The lowest BCUT2D eigenvalue weighted by Gasteiger charge is -2.23. The largest absolute Gasteiger partial charge is 0.494 e. The zero-order valence-electron chi connectivity index (χ0n) is 13.9. The molecule has 0 aromatic heterocycles. The molecule has 1 unspecified atom stereocenters. The molecule has 2 rings (SSSR count). The van der Waals surface area contributed by atoms with Crippen molar-refractivity contribution in [2.45, 2.75) is 57.9 Å². The molecule has 0 spiro atoms. The van der Waals surface area contributed by atoms with Crippen LogP contribution in [0.1, 0.15) is 57.1 Å². The molecule has 1 atom stereocenters. The van der Waals surface area contributed by atoms with Crippen LogP contribution in [-0.4, -0.2) is 23.9 Å². The van der Waals surface area contributed by atoms with Crippen LogP contribution in [0.15, 0.2) is 23.8 Å². The average Bonchev–Trinajstić information content (AvgIpc) is 2.95. The van der Waals surface area contributed by atoms with Gasteiger partial charge in [0, 0.05) is 0 Å². The van der Waals surface area contributed by atoms with E-state index in [9.17, 15) is 5.11 Å².